The standard InChI is InChI=1S/C22H24N4O/c1-3-27-20-11-7-6-10-19(20)24-22-23-16(2)14-21(25-22)26-13-12-17-8-4-5-9-18(17)15-26/h4-11,14H,3,12-13,15H2,1-2H3,(H,23,24,25). The van der Waals surface area contributed by atoms with Crippen molar-refractivity contribution in [2.24, 2.45) is 0 Å². The monoisotopic (exact) mass is 360 g/mol. The summed E-state index contributed by atoms with van der Waals surface area (Å²) in [6, 6.07) is 18.5. The molecule has 2 heterocycles. The second-order valence-corrected chi connectivity index (χ2v) is 6.69. The van der Waals surface area contributed by atoms with Gasteiger partial charge in [0, 0.05) is 24.8 Å². The molecule has 0 saturated heterocycles. The minimum atomic E-state index is 0.594. The maximum atomic E-state index is 5.70. The Hall–Kier alpha value is -3.08. The molecule has 0 unspecified atom stereocenters. The Labute approximate surface area is 160 Å². The van der Waals surface area contributed by atoms with Crippen molar-refractivity contribution >= 4 is 17.5 Å². The second kappa shape index (κ2) is 7.66. The Morgan fingerprint density at radius 2 is 1.81 bits per heavy atom. The number of aryl methyl sites for hydroxylation is 1. The van der Waals surface area contributed by atoms with Gasteiger partial charge in [-0.05, 0) is 43.5 Å². The molecule has 1 aromatic heterocycles. The number of hydrogen-bond donors (Lipinski definition) is 1. The van der Waals surface area contributed by atoms with Gasteiger partial charge in [0.05, 0.1) is 12.3 Å². The van der Waals surface area contributed by atoms with Crippen molar-refractivity contribution in [2.45, 2.75) is 26.8 Å². The van der Waals surface area contributed by atoms with E-state index >= 15 is 0 Å². The fourth-order valence-corrected chi connectivity index (χ4v) is 3.43. The van der Waals surface area contributed by atoms with Crippen LogP contribution in [-0.2, 0) is 13.0 Å². The lowest BCUT2D eigenvalue weighted by Gasteiger charge is -2.30. The zero-order chi connectivity index (χ0) is 18.6. The van der Waals surface area contributed by atoms with E-state index in [2.05, 4.69) is 39.5 Å². The molecule has 0 radical (unpaired) electrons. The maximum absolute atomic E-state index is 5.70. The van der Waals surface area contributed by atoms with Gasteiger partial charge in [-0.1, -0.05) is 36.4 Å². The maximum Gasteiger partial charge on any atom is 0.229 e. The van der Waals surface area contributed by atoms with Gasteiger partial charge in [0.25, 0.3) is 0 Å². The summed E-state index contributed by atoms with van der Waals surface area (Å²) in [5.74, 6) is 2.35. The highest BCUT2D eigenvalue weighted by Crippen LogP contribution is 2.28. The minimum absolute atomic E-state index is 0.594. The molecule has 4 rings (SSSR count). The first-order valence-electron chi connectivity index (χ1n) is 9.39. The van der Waals surface area contributed by atoms with Crippen molar-refractivity contribution in [1.82, 2.24) is 9.97 Å². The van der Waals surface area contributed by atoms with Crippen molar-refractivity contribution in [2.75, 3.05) is 23.4 Å². The Balaban J connectivity index is 1.59. The van der Waals surface area contributed by atoms with E-state index in [9.17, 15) is 0 Å². The largest absolute Gasteiger partial charge is 0.492 e. The Bertz CT molecular complexity index is 941. The summed E-state index contributed by atoms with van der Waals surface area (Å²) in [5.41, 5.74) is 4.62. The molecule has 0 aliphatic carbocycles. The molecule has 1 N–H and O–H groups in total. The molecule has 0 atom stereocenters. The van der Waals surface area contributed by atoms with Crippen LogP contribution < -0.4 is 15.0 Å². The van der Waals surface area contributed by atoms with Gasteiger partial charge in [-0.3, -0.25) is 0 Å². The summed E-state index contributed by atoms with van der Waals surface area (Å²) in [4.78, 5) is 11.7. The molecule has 1 aliphatic rings. The third-order valence-corrected chi connectivity index (χ3v) is 4.73. The number of para-hydroxylation sites is 2. The third-order valence-electron chi connectivity index (χ3n) is 4.73. The van der Waals surface area contributed by atoms with Gasteiger partial charge in [-0.25, -0.2) is 4.98 Å². The average molecular weight is 360 g/mol. The molecule has 0 saturated carbocycles. The zero-order valence-electron chi connectivity index (χ0n) is 15.8. The third kappa shape index (κ3) is 3.87. The van der Waals surface area contributed by atoms with Gasteiger partial charge in [0.1, 0.15) is 11.6 Å². The van der Waals surface area contributed by atoms with Crippen LogP contribution in [0.2, 0.25) is 0 Å². The highest BCUT2D eigenvalue weighted by Gasteiger charge is 2.18. The molecule has 2 aromatic carbocycles. The summed E-state index contributed by atoms with van der Waals surface area (Å²) in [7, 11) is 0. The van der Waals surface area contributed by atoms with Gasteiger partial charge >= 0.3 is 0 Å². The number of fused-ring (bicyclic) bond motifs is 1. The molecular formula is C22H24N4O. The van der Waals surface area contributed by atoms with Crippen LogP contribution in [0.4, 0.5) is 17.5 Å². The van der Waals surface area contributed by atoms with Crippen molar-refractivity contribution in [3.63, 3.8) is 0 Å². The van der Waals surface area contributed by atoms with Gasteiger partial charge in [0.2, 0.25) is 5.95 Å². The van der Waals surface area contributed by atoms with Crippen molar-refractivity contribution in [3.8, 4) is 5.75 Å². The van der Waals surface area contributed by atoms with Gasteiger partial charge in [-0.2, -0.15) is 4.98 Å². The Morgan fingerprint density at radius 1 is 1.04 bits per heavy atom. The summed E-state index contributed by atoms with van der Waals surface area (Å²) in [6.45, 7) is 6.44. The fourth-order valence-electron chi connectivity index (χ4n) is 3.43. The van der Waals surface area contributed by atoms with E-state index in [4.69, 9.17) is 9.72 Å². The van der Waals surface area contributed by atoms with Crippen molar-refractivity contribution < 1.29 is 4.74 Å². The van der Waals surface area contributed by atoms with Gasteiger partial charge < -0.3 is 15.0 Å². The van der Waals surface area contributed by atoms with Crippen LogP contribution in [0, 0.1) is 6.92 Å². The van der Waals surface area contributed by atoms with E-state index < -0.39 is 0 Å². The van der Waals surface area contributed by atoms with E-state index in [0.717, 1.165) is 42.5 Å². The lowest BCUT2D eigenvalue weighted by Crippen LogP contribution is -2.31. The minimum Gasteiger partial charge on any atom is -0.492 e. The van der Waals surface area contributed by atoms with E-state index in [1.54, 1.807) is 0 Å². The molecule has 0 spiro atoms. The van der Waals surface area contributed by atoms with Gasteiger partial charge in [-0.15, -0.1) is 0 Å². The summed E-state index contributed by atoms with van der Waals surface area (Å²) >= 11 is 0. The average Bonchev–Trinajstić information content (AvgIpc) is 2.69. The topological polar surface area (TPSA) is 50.3 Å². The summed E-state index contributed by atoms with van der Waals surface area (Å²) in [5, 5.41) is 3.32. The smallest absolute Gasteiger partial charge is 0.229 e. The summed E-state index contributed by atoms with van der Waals surface area (Å²) in [6.07, 6.45) is 1.04. The fraction of sp³-hybridized carbons (Fsp3) is 0.273. The number of anilines is 3. The number of hydrogen-bond acceptors (Lipinski definition) is 5. The van der Waals surface area contributed by atoms with Crippen LogP contribution in [-0.4, -0.2) is 23.1 Å². The predicted octanol–water partition coefficient (Wildman–Crippen LogP) is 4.49. The lowest BCUT2D eigenvalue weighted by molar-refractivity contribution is 0.342. The Morgan fingerprint density at radius 3 is 2.67 bits per heavy atom. The van der Waals surface area contributed by atoms with Crippen molar-refractivity contribution in [3.05, 3.63) is 71.4 Å². The van der Waals surface area contributed by atoms with Crippen LogP contribution in [0.3, 0.4) is 0 Å². The van der Waals surface area contributed by atoms with E-state index in [0.29, 0.717) is 12.6 Å². The lowest BCUT2D eigenvalue weighted by atomic mass is 10.00. The summed E-state index contributed by atoms with van der Waals surface area (Å²) < 4.78 is 5.70. The number of ether oxygens (including phenoxy) is 1. The highest BCUT2D eigenvalue weighted by atomic mass is 16.5. The first-order valence-corrected chi connectivity index (χ1v) is 9.39. The van der Waals surface area contributed by atoms with Crippen LogP contribution in [0.5, 0.6) is 5.75 Å². The molecule has 27 heavy (non-hydrogen) atoms. The van der Waals surface area contributed by atoms with Crippen molar-refractivity contribution in [1.29, 1.82) is 0 Å². The van der Waals surface area contributed by atoms with Crippen LogP contribution in [0.15, 0.2) is 54.6 Å². The SMILES string of the molecule is CCOc1ccccc1Nc1nc(C)cc(N2CCc3ccccc3C2)n1. The molecule has 5 nitrogen and oxygen atoms in total. The Kier molecular flexibility index (Phi) is 4.92. The van der Waals surface area contributed by atoms with Crippen LogP contribution >= 0.6 is 0 Å². The van der Waals surface area contributed by atoms with E-state index in [1.807, 2.05) is 44.2 Å². The van der Waals surface area contributed by atoms with E-state index in [1.165, 1.54) is 11.1 Å². The molecule has 3 aromatic rings. The first-order chi connectivity index (χ1) is 13.2. The number of aromatic nitrogens is 2. The molecule has 1 aliphatic heterocycles. The van der Waals surface area contributed by atoms with Crippen LogP contribution in [0.1, 0.15) is 23.7 Å². The normalized spacial score (nSPS) is 13.2. The quantitative estimate of drug-likeness (QED) is 0.726. The molecule has 5 heteroatoms. The number of benzene rings is 2. The molecule has 0 bridgehead atoms. The zero-order valence-corrected chi connectivity index (χ0v) is 15.8. The first kappa shape index (κ1) is 17.3. The molecular weight excluding hydrogens is 336 g/mol. The van der Waals surface area contributed by atoms with E-state index in [-0.39, 0.29) is 0 Å². The molecule has 0 amide bonds. The van der Waals surface area contributed by atoms with Gasteiger partial charge in [0.15, 0.2) is 0 Å². The molecule has 138 valence electrons. The number of rotatable bonds is 5. The number of nitrogens with zero attached hydrogens (tertiary/aromatic N) is 3. The molecule has 0 fully saturated rings. The number of nitrogens with one attached hydrogen (secondary N) is 1. The second-order valence-electron chi connectivity index (χ2n) is 6.69. The predicted molar refractivity (Wildman–Crippen MR) is 109 cm³/mol. The highest BCUT2D eigenvalue weighted by molar-refractivity contribution is 5.63. The van der Waals surface area contributed by atoms with Crippen LogP contribution in [0.25, 0.3) is 0 Å².